The third-order valence-corrected chi connectivity index (χ3v) is 2.54. The fraction of sp³-hybridized carbons (Fsp3) is 0.900. The van der Waals surface area contributed by atoms with Gasteiger partial charge in [-0.15, -0.1) is 0 Å². The molecule has 3 atom stereocenters. The van der Waals surface area contributed by atoms with Crippen molar-refractivity contribution in [1.29, 1.82) is 5.26 Å². The Morgan fingerprint density at radius 3 is 2.92 bits per heavy atom. The second kappa shape index (κ2) is 5.21. The molecule has 0 spiro atoms. The Kier molecular flexibility index (Phi) is 4.20. The summed E-state index contributed by atoms with van der Waals surface area (Å²) in [4.78, 5) is 0. The molecule has 0 radical (unpaired) electrons. The average molecular weight is 182 g/mol. The molecule has 3 unspecified atom stereocenters. The summed E-state index contributed by atoms with van der Waals surface area (Å²) in [6, 6.07) is 2.42. The van der Waals surface area contributed by atoms with Crippen molar-refractivity contribution in [3.8, 4) is 6.07 Å². The van der Waals surface area contributed by atoms with Crippen molar-refractivity contribution in [2.75, 3.05) is 0 Å². The van der Waals surface area contributed by atoms with Gasteiger partial charge in [0, 0.05) is 6.04 Å². The van der Waals surface area contributed by atoms with Gasteiger partial charge in [-0.05, 0) is 32.1 Å². The summed E-state index contributed by atoms with van der Waals surface area (Å²) >= 11 is 0. The van der Waals surface area contributed by atoms with Crippen LogP contribution in [-0.2, 0) is 4.74 Å². The predicted molar refractivity (Wildman–Crippen MR) is 51.0 cm³/mol. The van der Waals surface area contributed by atoms with Crippen LogP contribution in [0.4, 0.5) is 0 Å². The molecule has 3 heteroatoms. The van der Waals surface area contributed by atoms with E-state index < -0.39 is 0 Å². The van der Waals surface area contributed by atoms with Crippen LogP contribution in [-0.4, -0.2) is 18.2 Å². The maximum Gasteiger partial charge on any atom is 0.144 e. The standard InChI is InChI=1S/C10H18N2O/c1-2-9(7-11)13-10-5-3-4-8(12)6-10/h8-10H,2-6,12H2,1H3. The highest BCUT2D eigenvalue weighted by Gasteiger charge is 2.22. The number of rotatable bonds is 3. The summed E-state index contributed by atoms with van der Waals surface area (Å²) in [5, 5.41) is 8.72. The molecule has 0 aliphatic heterocycles. The average Bonchev–Trinajstić information content (AvgIpc) is 2.14. The number of nitrogens with two attached hydrogens (primary N) is 1. The second-order valence-corrected chi connectivity index (χ2v) is 3.71. The fourth-order valence-electron chi connectivity index (χ4n) is 1.75. The Bertz CT molecular complexity index is 188. The van der Waals surface area contributed by atoms with Crippen LogP contribution >= 0.6 is 0 Å². The van der Waals surface area contributed by atoms with Crippen molar-refractivity contribution >= 4 is 0 Å². The van der Waals surface area contributed by atoms with Crippen LogP contribution in [0.25, 0.3) is 0 Å². The number of ether oxygens (including phenoxy) is 1. The van der Waals surface area contributed by atoms with Crippen LogP contribution in [0.2, 0.25) is 0 Å². The van der Waals surface area contributed by atoms with E-state index in [0.717, 1.165) is 32.1 Å². The number of hydrogen-bond acceptors (Lipinski definition) is 3. The van der Waals surface area contributed by atoms with Crippen LogP contribution in [0.1, 0.15) is 39.0 Å². The monoisotopic (exact) mass is 182 g/mol. The molecule has 13 heavy (non-hydrogen) atoms. The first-order chi connectivity index (χ1) is 6.26. The Hall–Kier alpha value is -0.590. The number of nitriles is 1. The summed E-state index contributed by atoms with van der Waals surface area (Å²) < 4.78 is 5.62. The van der Waals surface area contributed by atoms with Gasteiger partial charge in [-0.3, -0.25) is 0 Å². The molecule has 0 aromatic heterocycles. The smallest absolute Gasteiger partial charge is 0.144 e. The van der Waals surface area contributed by atoms with E-state index in [-0.39, 0.29) is 18.2 Å². The first kappa shape index (κ1) is 10.5. The van der Waals surface area contributed by atoms with Gasteiger partial charge in [0.25, 0.3) is 0 Å². The lowest BCUT2D eigenvalue weighted by molar-refractivity contribution is -0.00873. The third kappa shape index (κ3) is 3.33. The fourth-order valence-corrected chi connectivity index (χ4v) is 1.75. The summed E-state index contributed by atoms with van der Waals surface area (Å²) in [7, 11) is 0. The molecule has 0 amide bonds. The second-order valence-electron chi connectivity index (χ2n) is 3.71. The van der Waals surface area contributed by atoms with Gasteiger partial charge in [0.2, 0.25) is 0 Å². The van der Waals surface area contributed by atoms with Gasteiger partial charge in [-0.25, -0.2) is 0 Å². The highest BCUT2D eigenvalue weighted by molar-refractivity contribution is 4.85. The molecule has 3 nitrogen and oxygen atoms in total. The lowest BCUT2D eigenvalue weighted by Crippen LogP contribution is -2.34. The van der Waals surface area contributed by atoms with E-state index in [0.29, 0.717) is 0 Å². The first-order valence-electron chi connectivity index (χ1n) is 5.07. The van der Waals surface area contributed by atoms with E-state index in [1.165, 1.54) is 0 Å². The molecule has 0 aromatic carbocycles. The summed E-state index contributed by atoms with van der Waals surface area (Å²) in [5.74, 6) is 0. The molecule has 74 valence electrons. The van der Waals surface area contributed by atoms with Gasteiger partial charge in [0.15, 0.2) is 0 Å². The minimum absolute atomic E-state index is 0.216. The van der Waals surface area contributed by atoms with Crippen LogP contribution in [0.5, 0.6) is 0 Å². The van der Waals surface area contributed by atoms with Crippen LogP contribution in [0.15, 0.2) is 0 Å². The largest absolute Gasteiger partial charge is 0.360 e. The van der Waals surface area contributed by atoms with Crippen molar-refractivity contribution in [3.63, 3.8) is 0 Å². The zero-order valence-electron chi connectivity index (χ0n) is 8.20. The van der Waals surface area contributed by atoms with E-state index in [9.17, 15) is 0 Å². The topological polar surface area (TPSA) is 59.0 Å². The lowest BCUT2D eigenvalue weighted by Gasteiger charge is -2.27. The van der Waals surface area contributed by atoms with Crippen molar-refractivity contribution < 1.29 is 4.74 Å². The Balaban J connectivity index is 2.31. The highest BCUT2D eigenvalue weighted by Crippen LogP contribution is 2.21. The van der Waals surface area contributed by atoms with Gasteiger partial charge in [-0.1, -0.05) is 6.92 Å². The summed E-state index contributed by atoms with van der Waals surface area (Å²) in [6.45, 7) is 1.97. The van der Waals surface area contributed by atoms with Crippen molar-refractivity contribution in [2.45, 2.75) is 57.3 Å². The zero-order chi connectivity index (χ0) is 9.68. The summed E-state index contributed by atoms with van der Waals surface area (Å²) in [5.41, 5.74) is 5.82. The predicted octanol–water partition coefficient (Wildman–Crippen LogP) is 1.58. The molecule has 0 heterocycles. The van der Waals surface area contributed by atoms with E-state index >= 15 is 0 Å². The van der Waals surface area contributed by atoms with Crippen molar-refractivity contribution in [2.24, 2.45) is 5.73 Å². The van der Waals surface area contributed by atoms with Gasteiger partial charge in [0.05, 0.1) is 12.2 Å². The Morgan fingerprint density at radius 2 is 2.38 bits per heavy atom. The van der Waals surface area contributed by atoms with Gasteiger partial charge in [-0.2, -0.15) is 5.26 Å². The molecular formula is C10H18N2O. The molecular weight excluding hydrogens is 164 g/mol. The minimum Gasteiger partial charge on any atom is -0.360 e. The Labute approximate surface area is 79.9 Å². The highest BCUT2D eigenvalue weighted by atomic mass is 16.5. The maximum absolute atomic E-state index is 8.72. The summed E-state index contributed by atoms with van der Waals surface area (Å²) in [6.07, 6.45) is 4.95. The van der Waals surface area contributed by atoms with E-state index in [1.807, 2.05) is 6.92 Å². The molecule has 0 aromatic rings. The molecule has 1 aliphatic rings. The van der Waals surface area contributed by atoms with Crippen molar-refractivity contribution in [1.82, 2.24) is 0 Å². The van der Waals surface area contributed by atoms with E-state index in [2.05, 4.69) is 6.07 Å². The molecule has 1 aliphatic carbocycles. The van der Waals surface area contributed by atoms with Gasteiger partial charge in [0.1, 0.15) is 6.10 Å². The normalized spacial score (nSPS) is 30.8. The van der Waals surface area contributed by atoms with Crippen molar-refractivity contribution in [3.05, 3.63) is 0 Å². The molecule has 2 N–H and O–H groups in total. The zero-order valence-corrected chi connectivity index (χ0v) is 8.20. The molecule has 1 fully saturated rings. The van der Waals surface area contributed by atoms with Crippen LogP contribution in [0, 0.1) is 11.3 Å². The lowest BCUT2D eigenvalue weighted by atomic mass is 9.93. The molecule has 1 saturated carbocycles. The Morgan fingerprint density at radius 1 is 1.62 bits per heavy atom. The molecule has 1 rings (SSSR count). The molecule has 0 bridgehead atoms. The number of hydrogen-bond donors (Lipinski definition) is 1. The SMILES string of the molecule is CCC(C#N)OC1CCCC(N)C1. The number of nitrogens with zero attached hydrogens (tertiary/aromatic N) is 1. The van der Waals surface area contributed by atoms with Crippen LogP contribution in [0.3, 0.4) is 0 Å². The van der Waals surface area contributed by atoms with Crippen LogP contribution < -0.4 is 5.73 Å². The van der Waals surface area contributed by atoms with E-state index in [4.69, 9.17) is 15.7 Å². The quantitative estimate of drug-likeness (QED) is 0.720. The first-order valence-corrected chi connectivity index (χ1v) is 5.07. The maximum atomic E-state index is 8.72. The van der Waals surface area contributed by atoms with Gasteiger partial charge >= 0.3 is 0 Å². The van der Waals surface area contributed by atoms with Gasteiger partial charge < -0.3 is 10.5 Å². The molecule has 0 saturated heterocycles. The van der Waals surface area contributed by atoms with E-state index in [1.54, 1.807) is 0 Å². The third-order valence-electron chi connectivity index (χ3n) is 2.54. The minimum atomic E-state index is -0.240.